The van der Waals surface area contributed by atoms with E-state index in [2.05, 4.69) is 34.6 Å². The van der Waals surface area contributed by atoms with Crippen LogP contribution in [0.25, 0.3) is 10.8 Å². The Balaban J connectivity index is 1.79. The summed E-state index contributed by atoms with van der Waals surface area (Å²) in [5, 5.41) is 20.5. The molecule has 0 radical (unpaired) electrons. The molecule has 0 amide bonds. The summed E-state index contributed by atoms with van der Waals surface area (Å²) in [7, 11) is 1.83. The highest BCUT2D eigenvalue weighted by molar-refractivity contribution is 5.85. The summed E-state index contributed by atoms with van der Waals surface area (Å²) in [6.07, 6.45) is 2.54. The van der Waals surface area contributed by atoms with Crippen LogP contribution in [0.15, 0.2) is 48.7 Å². The van der Waals surface area contributed by atoms with Gasteiger partial charge < -0.3 is 5.11 Å². The monoisotopic (exact) mass is 267 g/mol. The molecule has 1 unspecified atom stereocenters. The second-order valence-corrected chi connectivity index (χ2v) is 5.08. The van der Waals surface area contributed by atoms with Crippen molar-refractivity contribution in [1.82, 2.24) is 15.0 Å². The van der Waals surface area contributed by atoms with Crippen LogP contribution in [0, 0.1) is 0 Å². The Morgan fingerprint density at radius 2 is 1.90 bits per heavy atom. The number of hydrogen-bond acceptors (Lipinski definition) is 3. The number of aromatic nitrogens is 3. The van der Waals surface area contributed by atoms with Gasteiger partial charge in [0.05, 0.1) is 11.8 Å². The maximum Gasteiger partial charge on any atom is 0.0852 e. The average Bonchev–Trinajstić information content (AvgIpc) is 2.84. The van der Waals surface area contributed by atoms with Crippen LogP contribution >= 0.6 is 0 Å². The zero-order valence-corrected chi connectivity index (χ0v) is 11.4. The van der Waals surface area contributed by atoms with Gasteiger partial charge in [0.1, 0.15) is 0 Å². The van der Waals surface area contributed by atoms with Gasteiger partial charge >= 0.3 is 0 Å². The molecule has 0 saturated carbocycles. The van der Waals surface area contributed by atoms with Gasteiger partial charge in [-0.15, -0.1) is 5.10 Å². The molecule has 0 aliphatic carbocycles. The van der Waals surface area contributed by atoms with Crippen molar-refractivity contribution >= 4 is 10.8 Å². The standard InChI is InChI=1S/C16H17N3O/c1-19-11-14(17-18-19)10-15(20)9-13-7-4-6-12-5-2-3-8-16(12)13/h2-8,11,15,20H,9-10H2,1H3. The first-order valence-electron chi connectivity index (χ1n) is 6.72. The first-order chi connectivity index (χ1) is 9.72. The lowest BCUT2D eigenvalue weighted by Crippen LogP contribution is -2.14. The molecule has 20 heavy (non-hydrogen) atoms. The van der Waals surface area contributed by atoms with E-state index in [1.165, 1.54) is 16.3 Å². The van der Waals surface area contributed by atoms with Crippen LogP contribution in [0.5, 0.6) is 0 Å². The van der Waals surface area contributed by atoms with Crippen LogP contribution < -0.4 is 0 Å². The molecule has 0 fully saturated rings. The first-order valence-corrected chi connectivity index (χ1v) is 6.72. The second kappa shape index (κ2) is 5.43. The molecule has 4 heteroatoms. The van der Waals surface area contributed by atoms with Crippen molar-refractivity contribution in [2.75, 3.05) is 0 Å². The van der Waals surface area contributed by atoms with Gasteiger partial charge in [-0.1, -0.05) is 47.7 Å². The minimum absolute atomic E-state index is 0.447. The van der Waals surface area contributed by atoms with Crippen molar-refractivity contribution in [2.45, 2.75) is 18.9 Å². The van der Waals surface area contributed by atoms with Crippen molar-refractivity contribution in [1.29, 1.82) is 0 Å². The Kier molecular flexibility index (Phi) is 3.48. The molecule has 102 valence electrons. The average molecular weight is 267 g/mol. The third-order valence-corrected chi connectivity index (χ3v) is 3.43. The minimum atomic E-state index is -0.447. The van der Waals surface area contributed by atoms with E-state index < -0.39 is 6.10 Å². The summed E-state index contributed by atoms with van der Waals surface area (Å²) < 4.78 is 1.65. The number of aliphatic hydroxyl groups excluding tert-OH is 1. The lowest BCUT2D eigenvalue weighted by molar-refractivity contribution is 0.174. The third-order valence-electron chi connectivity index (χ3n) is 3.43. The van der Waals surface area contributed by atoms with Crippen LogP contribution in [0.4, 0.5) is 0 Å². The molecule has 0 saturated heterocycles. The van der Waals surface area contributed by atoms with Crippen LogP contribution in [0.3, 0.4) is 0 Å². The molecule has 3 rings (SSSR count). The number of hydrogen-bond donors (Lipinski definition) is 1. The summed E-state index contributed by atoms with van der Waals surface area (Å²) in [6.45, 7) is 0. The molecule has 1 N–H and O–H groups in total. The van der Waals surface area contributed by atoms with Crippen molar-refractivity contribution in [3.8, 4) is 0 Å². The quantitative estimate of drug-likeness (QED) is 0.787. The zero-order chi connectivity index (χ0) is 13.9. The summed E-state index contributed by atoms with van der Waals surface area (Å²) in [5.41, 5.74) is 1.99. The number of benzene rings is 2. The molecule has 0 aliphatic rings. The van der Waals surface area contributed by atoms with Gasteiger partial charge in [0.15, 0.2) is 0 Å². The van der Waals surface area contributed by atoms with Crippen molar-refractivity contribution in [2.24, 2.45) is 7.05 Å². The van der Waals surface area contributed by atoms with E-state index in [1.807, 2.05) is 31.4 Å². The highest BCUT2D eigenvalue weighted by Crippen LogP contribution is 2.20. The Hall–Kier alpha value is -2.20. The van der Waals surface area contributed by atoms with E-state index in [0.717, 1.165) is 5.69 Å². The molecular formula is C16H17N3O. The molecule has 0 spiro atoms. The molecule has 1 aromatic heterocycles. The Morgan fingerprint density at radius 1 is 1.10 bits per heavy atom. The SMILES string of the molecule is Cn1cc(CC(O)Cc2cccc3ccccc23)nn1. The summed E-state index contributed by atoms with van der Waals surface area (Å²) in [6, 6.07) is 14.4. The van der Waals surface area contributed by atoms with E-state index in [4.69, 9.17) is 0 Å². The molecule has 2 aromatic carbocycles. The smallest absolute Gasteiger partial charge is 0.0852 e. The van der Waals surface area contributed by atoms with Crippen LogP contribution in [0.2, 0.25) is 0 Å². The predicted octanol–water partition coefficient (Wildman–Crippen LogP) is 2.11. The number of fused-ring (bicyclic) bond motifs is 1. The summed E-state index contributed by atoms with van der Waals surface area (Å²) in [4.78, 5) is 0. The second-order valence-electron chi connectivity index (χ2n) is 5.08. The van der Waals surface area contributed by atoms with E-state index in [-0.39, 0.29) is 0 Å². The zero-order valence-electron chi connectivity index (χ0n) is 11.4. The van der Waals surface area contributed by atoms with E-state index in [9.17, 15) is 5.11 Å². The first kappa shape index (κ1) is 12.8. The van der Waals surface area contributed by atoms with Gasteiger partial charge in [-0.3, -0.25) is 4.68 Å². The highest BCUT2D eigenvalue weighted by Gasteiger charge is 2.11. The summed E-state index contributed by atoms with van der Waals surface area (Å²) in [5.74, 6) is 0. The number of rotatable bonds is 4. The van der Waals surface area contributed by atoms with Crippen LogP contribution in [-0.2, 0) is 19.9 Å². The van der Waals surface area contributed by atoms with Crippen LogP contribution in [-0.4, -0.2) is 26.2 Å². The van der Waals surface area contributed by atoms with Gasteiger partial charge in [-0.05, 0) is 22.8 Å². The summed E-state index contributed by atoms with van der Waals surface area (Å²) >= 11 is 0. The van der Waals surface area contributed by atoms with Crippen LogP contribution in [0.1, 0.15) is 11.3 Å². The molecule has 1 atom stereocenters. The Morgan fingerprint density at radius 3 is 2.70 bits per heavy atom. The molecule has 0 bridgehead atoms. The molecule has 0 aliphatic heterocycles. The van der Waals surface area contributed by atoms with Gasteiger partial charge in [0.25, 0.3) is 0 Å². The van der Waals surface area contributed by atoms with Gasteiger partial charge in [-0.25, -0.2) is 0 Å². The fourth-order valence-corrected chi connectivity index (χ4v) is 2.53. The lowest BCUT2D eigenvalue weighted by Gasteiger charge is -2.11. The van der Waals surface area contributed by atoms with Gasteiger partial charge in [0, 0.05) is 19.7 Å². The van der Waals surface area contributed by atoms with E-state index >= 15 is 0 Å². The largest absolute Gasteiger partial charge is 0.392 e. The van der Waals surface area contributed by atoms with E-state index in [1.54, 1.807) is 4.68 Å². The van der Waals surface area contributed by atoms with Gasteiger partial charge in [-0.2, -0.15) is 0 Å². The minimum Gasteiger partial charge on any atom is -0.392 e. The number of nitrogens with zero attached hydrogens (tertiary/aromatic N) is 3. The predicted molar refractivity (Wildman–Crippen MR) is 78.4 cm³/mol. The molecule has 3 aromatic rings. The fraction of sp³-hybridized carbons (Fsp3) is 0.250. The number of aryl methyl sites for hydroxylation is 1. The van der Waals surface area contributed by atoms with Crippen molar-refractivity contribution in [3.63, 3.8) is 0 Å². The van der Waals surface area contributed by atoms with E-state index in [0.29, 0.717) is 12.8 Å². The number of aliphatic hydroxyl groups is 1. The maximum absolute atomic E-state index is 10.2. The molecular weight excluding hydrogens is 250 g/mol. The topological polar surface area (TPSA) is 50.9 Å². The highest BCUT2D eigenvalue weighted by atomic mass is 16.3. The Bertz CT molecular complexity index is 715. The third kappa shape index (κ3) is 2.70. The van der Waals surface area contributed by atoms with Gasteiger partial charge in [0.2, 0.25) is 0 Å². The maximum atomic E-state index is 10.2. The van der Waals surface area contributed by atoms with Crippen molar-refractivity contribution < 1.29 is 5.11 Å². The molecule has 1 heterocycles. The lowest BCUT2D eigenvalue weighted by atomic mass is 9.98. The molecule has 4 nitrogen and oxygen atoms in total. The van der Waals surface area contributed by atoms with Crippen molar-refractivity contribution in [3.05, 3.63) is 59.9 Å². The fourth-order valence-electron chi connectivity index (χ4n) is 2.53. The normalized spacial score (nSPS) is 12.7. The Labute approximate surface area is 117 Å².